The van der Waals surface area contributed by atoms with Crippen LogP contribution in [0, 0.1) is 0 Å². The number of rotatable bonds is 6. The van der Waals surface area contributed by atoms with Gasteiger partial charge in [-0.05, 0) is 61.6 Å². The van der Waals surface area contributed by atoms with Crippen molar-refractivity contribution in [2.24, 2.45) is 0 Å². The number of fused-ring (bicyclic) bond motifs is 3. The Morgan fingerprint density at radius 1 is 0.535 bits per heavy atom. The maximum atomic E-state index is 14.2. The molecule has 43 heavy (non-hydrogen) atoms. The number of hydrogen-bond donors (Lipinski definition) is 2. The topological polar surface area (TPSA) is 66.8 Å². The summed E-state index contributed by atoms with van der Waals surface area (Å²) in [5.74, 6) is -1.20. The standard InChI is InChI=1S/C39H28O4/c40-33-22-20-26-11-6-8-16-31(26)36(33)37-32-17-9-7-12-27(32)21-23-34(37)43-39(42)35(28-13-2-1-3-14-28)38(41)30-19-18-25-10-4-5-15-29(25)24-30/h1-24,35,38,40-41H/t35-,38-/m0/s1. The molecule has 0 heterocycles. The molecule has 0 unspecified atom stereocenters. The van der Waals surface area contributed by atoms with Crippen LogP contribution in [0.2, 0.25) is 0 Å². The highest BCUT2D eigenvalue weighted by molar-refractivity contribution is 6.10. The third-order valence-corrected chi connectivity index (χ3v) is 8.10. The maximum Gasteiger partial charge on any atom is 0.321 e. The summed E-state index contributed by atoms with van der Waals surface area (Å²) in [5, 5.41) is 28.6. The number of ether oxygens (including phenoxy) is 1. The van der Waals surface area contributed by atoms with E-state index in [1.807, 2.05) is 133 Å². The van der Waals surface area contributed by atoms with Crippen molar-refractivity contribution < 1.29 is 19.7 Å². The van der Waals surface area contributed by atoms with E-state index in [9.17, 15) is 15.0 Å². The minimum Gasteiger partial charge on any atom is -0.507 e. The van der Waals surface area contributed by atoms with Crippen molar-refractivity contribution in [2.45, 2.75) is 12.0 Å². The number of benzene rings is 7. The third kappa shape index (κ3) is 4.88. The summed E-state index contributed by atoms with van der Waals surface area (Å²) in [6, 6.07) is 45.7. The molecule has 7 rings (SSSR count). The average Bonchev–Trinajstić information content (AvgIpc) is 3.05. The number of aliphatic hydroxyl groups is 1. The minimum absolute atomic E-state index is 0.0863. The number of hydrogen-bond acceptors (Lipinski definition) is 4. The van der Waals surface area contributed by atoms with Crippen LogP contribution in [0.15, 0.2) is 146 Å². The number of carbonyl (C=O) groups is 1. The molecule has 7 aromatic rings. The molecule has 2 N–H and O–H groups in total. The number of esters is 1. The second-order valence-corrected chi connectivity index (χ2v) is 10.7. The Labute approximate surface area is 249 Å². The quantitative estimate of drug-likeness (QED) is 0.157. The lowest BCUT2D eigenvalue weighted by Gasteiger charge is -2.24. The zero-order valence-corrected chi connectivity index (χ0v) is 23.2. The highest BCUT2D eigenvalue weighted by Crippen LogP contribution is 2.46. The number of aliphatic hydroxyl groups excluding tert-OH is 1. The van der Waals surface area contributed by atoms with E-state index in [1.165, 1.54) is 0 Å². The van der Waals surface area contributed by atoms with Crippen molar-refractivity contribution >= 4 is 38.3 Å². The highest BCUT2D eigenvalue weighted by Gasteiger charge is 2.33. The number of phenols is 1. The minimum atomic E-state index is -1.16. The van der Waals surface area contributed by atoms with Crippen molar-refractivity contribution in [3.63, 3.8) is 0 Å². The van der Waals surface area contributed by atoms with Gasteiger partial charge in [-0.15, -0.1) is 0 Å². The lowest BCUT2D eigenvalue weighted by molar-refractivity contribution is -0.139. The second-order valence-electron chi connectivity index (χ2n) is 10.7. The first-order valence-corrected chi connectivity index (χ1v) is 14.2. The molecule has 0 aliphatic heterocycles. The molecule has 208 valence electrons. The Kier molecular flexibility index (Phi) is 6.82. The van der Waals surface area contributed by atoms with Crippen LogP contribution in [0.5, 0.6) is 11.5 Å². The number of carbonyl (C=O) groups excluding carboxylic acids is 1. The molecule has 7 aromatic carbocycles. The van der Waals surface area contributed by atoms with Gasteiger partial charge >= 0.3 is 5.97 Å². The Hall–Kier alpha value is -5.45. The summed E-state index contributed by atoms with van der Waals surface area (Å²) in [5.41, 5.74) is 2.47. The average molecular weight is 561 g/mol. The Morgan fingerprint density at radius 3 is 1.81 bits per heavy atom. The molecule has 4 heteroatoms. The van der Waals surface area contributed by atoms with Crippen LogP contribution < -0.4 is 4.74 Å². The van der Waals surface area contributed by atoms with Gasteiger partial charge in [0.1, 0.15) is 17.4 Å². The van der Waals surface area contributed by atoms with E-state index in [-0.39, 0.29) is 5.75 Å². The fourth-order valence-electron chi connectivity index (χ4n) is 5.98. The van der Waals surface area contributed by atoms with E-state index in [2.05, 4.69) is 0 Å². The van der Waals surface area contributed by atoms with Crippen LogP contribution in [0.1, 0.15) is 23.1 Å². The summed E-state index contributed by atoms with van der Waals surface area (Å²) in [4.78, 5) is 14.2. The van der Waals surface area contributed by atoms with E-state index in [1.54, 1.807) is 12.1 Å². The van der Waals surface area contributed by atoms with E-state index in [4.69, 9.17) is 4.74 Å². The molecule has 2 atom stereocenters. The molecule has 0 aromatic heterocycles. The van der Waals surface area contributed by atoms with Crippen LogP contribution in [-0.2, 0) is 4.79 Å². The van der Waals surface area contributed by atoms with Gasteiger partial charge in [-0.3, -0.25) is 4.79 Å². The van der Waals surface area contributed by atoms with Gasteiger partial charge in [-0.1, -0.05) is 127 Å². The van der Waals surface area contributed by atoms with Crippen LogP contribution in [0.4, 0.5) is 0 Å². The molecule has 0 saturated carbocycles. The van der Waals surface area contributed by atoms with Crippen molar-refractivity contribution in [1.29, 1.82) is 0 Å². The fraction of sp³-hybridized carbons (Fsp3) is 0.0513. The van der Waals surface area contributed by atoms with Gasteiger partial charge in [0, 0.05) is 11.1 Å². The second kappa shape index (κ2) is 11.1. The lowest BCUT2D eigenvalue weighted by atomic mass is 9.88. The molecular weight excluding hydrogens is 532 g/mol. The monoisotopic (exact) mass is 560 g/mol. The maximum absolute atomic E-state index is 14.2. The van der Waals surface area contributed by atoms with Gasteiger partial charge < -0.3 is 14.9 Å². The molecular formula is C39H28O4. The summed E-state index contributed by atoms with van der Waals surface area (Å²) < 4.78 is 6.25. The van der Waals surface area contributed by atoms with Crippen molar-refractivity contribution in [1.82, 2.24) is 0 Å². The third-order valence-electron chi connectivity index (χ3n) is 8.10. The number of aromatic hydroxyl groups is 1. The zero-order chi connectivity index (χ0) is 29.3. The van der Waals surface area contributed by atoms with Gasteiger partial charge in [-0.2, -0.15) is 0 Å². The van der Waals surface area contributed by atoms with Crippen molar-refractivity contribution in [3.8, 4) is 22.6 Å². The first-order chi connectivity index (χ1) is 21.1. The van der Waals surface area contributed by atoms with Gasteiger partial charge in [0.15, 0.2) is 0 Å². The van der Waals surface area contributed by atoms with Crippen molar-refractivity contribution in [2.75, 3.05) is 0 Å². The van der Waals surface area contributed by atoms with E-state index >= 15 is 0 Å². The molecule has 0 aliphatic carbocycles. The van der Waals surface area contributed by atoms with Crippen LogP contribution in [0.3, 0.4) is 0 Å². The number of phenolic OH excluding ortho intramolecular Hbond substituents is 1. The molecule has 0 bridgehead atoms. The Morgan fingerprint density at radius 2 is 1.09 bits per heavy atom. The predicted octanol–water partition coefficient (Wildman–Crippen LogP) is 8.94. The fourth-order valence-corrected chi connectivity index (χ4v) is 5.98. The lowest BCUT2D eigenvalue weighted by Crippen LogP contribution is -2.25. The van der Waals surface area contributed by atoms with E-state index < -0.39 is 18.0 Å². The summed E-state index contributed by atoms with van der Waals surface area (Å²) in [6.45, 7) is 0. The van der Waals surface area contributed by atoms with Crippen molar-refractivity contribution in [3.05, 3.63) is 157 Å². The summed E-state index contributed by atoms with van der Waals surface area (Å²) in [6.07, 6.45) is -1.16. The van der Waals surface area contributed by atoms with Gasteiger partial charge in [0.05, 0.1) is 6.10 Å². The normalized spacial score (nSPS) is 12.8. The van der Waals surface area contributed by atoms with Gasteiger partial charge in [0.25, 0.3) is 0 Å². The molecule has 0 spiro atoms. The molecule has 0 fully saturated rings. The summed E-state index contributed by atoms with van der Waals surface area (Å²) >= 11 is 0. The van der Waals surface area contributed by atoms with Crippen LogP contribution in [0.25, 0.3) is 43.4 Å². The van der Waals surface area contributed by atoms with Gasteiger partial charge in [-0.25, -0.2) is 0 Å². The zero-order valence-electron chi connectivity index (χ0n) is 23.2. The summed E-state index contributed by atoms with van der Waals surface area (Å²) in [7, 11) is 0. The molecule has 0 aliphatic rings. The largest absolute Gasteiger partial charge is 0.507 e. The molecule has 0 radical (unpaired) electrons. The predicted molar refractivity (Wildman–Crippen MR) is 172 cm³/mol. The van der Waals surface area contributed by atoms with Crippen LogP contribution in [-0.4, -0.2) is 16.2 Å². The Bertz CT molecular complexity index is 2120. The molecule has 0 amide bonds. The first kappa shape index (κ1) is 26.4. The highest BCUT2D eigenvalue weighted by atomic mass is 16.5. The SMILES string of the molecule is O=C(Oc1ccc2ccccc2c1-c1c(O)ccc2ccccc12)[C@@H](c1ccccc1)[C@@H](O)c1ccc2ccccc2c1. The Balaban J connectivity index is 1.37. The van der Waals surface area contributed by atoms with Gasteiger partial charge in [0.2, 0.25) is 0 Å². The molecule has 4 nitrogen and oxygen atoms in total. The van der Waals surface area contributed by atoms with E-state index in [0.717, 1.165) is 32.3 Å². The molecule has 0 saturated heterocycles. The smallest absolute Gasteiger partial charge is 0.321 e. The van der Waals surface area contributed by atoms with Crippen LogP contribution >= 0.6 is 0 Å². The first-order valence-electron chi connectivity index (χ1n) is 14.2. The van der Waals surface area contributed by atoms with E-state index in [0.29, 0.717) is 28.0 Å².